The minimum atomic E-state index is -0.0209. The van der Waals surface area contributed by atoms with Crippen molar-refractivity contribution in [1.82, 2.24) is 10.2 Å². The zero-order chi connectivity index (χ0) is 19.2. The van der Waals surface area contributed by atoms with Crippen molar-refractivity contribution in [2.45, 2.75) is 25.9 Å². The van der Waals surface area contributed by atoms with Gasteiger partial charge < -0.3 is 15.0 Å². The molecule has 1 N–H and O–H groups in total. The van der Waals surface area contributed by atoms with Gasteiger partial charge >= 0.3 is 0 Å². The molecular formula is C23H29N3O2. The number of ether oxygens (including phenoxy) is 1. The van der Waals surface area contributed by atoms with E-state index in [2.05, 4.69) is 45.4 Å². The topological polar surface area (TPSA) is 44.8 Å². The molecule has 2 aliphatic heterocycles. The van der Waals surface area contributed by atoms with Crippen molar-refractivity contribution in [3.05, 3.63) is 65.2 Å². The molecule has 28 heavy (non-hydrogen) atoms. The van der Waals surface area contributed by atoms with E-state index in [4.69, 9.17) is 4.74 Å². The van der Waals surface area contributed by atoms with Crippen molar-refractivity contribution in [3.63, 3.8) is 0 Å². The van der Waals surface area contributed by atoms with Crippen LogP contribution >= 0.6 is 0 Å². The van der Waals surface area contributed by atoms with E-state index in [0.29, 0.717) is 6.54 Å². The summed E-state index contributed by atoms with van der Waals surface area (Å²) in [6.45, 7) is 7.18. The third kappa shape index (κ3) is 4.91. The SMILES string of the molecule is O=C(NCc1ccc(N2CCCC2)cc1)c1cccc(CN2CCOCC2)c1. The fourth-order valence-corrected chi connectivity index (χ4v) is 3.91. The quantitative estimate of drug-likeness (QED) is 0.838. The Morgan fingerprint density at radius 1 is 0.929 bits per heavy atom. The Labute approximate surface area is 167 Å². The maximum absolute atomic E-state index is 12.6. The predicted octanol–water partition coefficient (Wildman–Crippen LogP) is 3.05. The molecule has 0 atom stereocenters. The minimum absolute atomic E-state index is 0.0209. The van der Waals surface area contributed by atoms with Gasteiger partial charge in [0.1, 0.15) is 0 Å². The molecule has 1 amide bonds. The first-order valence-corrected chi connectivity index (χ1v) is 10.3. The van der Waals surface area contributed by atoms with Gasteiger partial charge in [0, 0.05) is 50.5 Å². The van der Waals surface area contributed by atoms with Crippen LogP contribution < -0.4 is 10.2 Å². The standard InChI is InChI=1S/C23H29N3O2/c27-23(21-5-3-4-20(16-21)18-25-12-14-28-15-13-25)24-17-19-6-8-22(9-7-19)26-10-1-2-11-26/h3-9,16H,1-2,10-15,17-18H2,(H,24,27). The number of carbonyl (C=O) groups excluding carboxylic acids is 1. The number of nitrogens with one attached hydrogen (secondary N) is 1. The highest BCUT2D eigenvalue weighted by Gasteiger charge is 2.13. The van der Waals surface area contributed by atoms with Crippen molar-refractivity contribution < 1.29 is 9.53 Å². The first-order chi connectivity index (χ1) is 13.8. The second-order valence-electron chi connectivity index (χ2n) is 7.63. The number of morpholine rings is 1. The van der Waals surface area contributed by atoms with Gasteiger partial charge in [-0.05, 0) is 48.2 Å². The molecule has 0 aromatic heterocycles. The average molecular weight is 380 g/mol. The monoisotopic (exact) mass is 379 g/mol. The van der Waals surface area contributed by atoms with Gasteiger partial charge in [0.25, 0.3) is 5.91 Å². The van der Waals surface area contributed by atoms with Gasteiger partial charge in [0.2, 0.25) is 0 Å². The summed E-state index contributed by atoms with van der Waals surface area (Å²) in [5, 5.41) is 3.05. The number of nitrogens with zero attached hydrogens (tertiary/aromatic N) is 2. The molecular weight excluding hydrogens is 350 g/mol. The Morgan fingerprint density at radius 2 is 1.68 bits per heavy atom. The number of hydrogen-bond donors (Lipinski definition) is 1. The molecule has 2 aromatic rings. The van der Waals surface area contributed by atoms with Gasteiger partial charge in [0.15, 0.2) is 0 Å². The summed E-state index contributed by atoms with van der Waals surface area (Å²) in [4.78, 5) is 17.4. The fraction of sp³-hybridized carbons (Fsp3) is 0.435. The second kappa shape index (κ2) is 9.22. The molecule has 0 unspecified atom stereocenters. The van der Waals surface area contributed by atoms with E-state index in [1.165, 1.54) is 24.1 Å². The number of benzene rings is 2. The minimum Gasteiger partial charge on any atom is -0.379 e. The van der Waals surface area contributed by atoms with E-state index in [1.54, 1.807) is 0 Å². The molecule has 0 aliphatic carbocycles. The van der Waals surface area contributed by atoms with Crippen LogP contribution in [-0.2, 0) is 17.8 Å². The van der Waals surface area contributed by atoms with E-state index in [1.807, 2.05) is 18.2 Å². The average Bonchev–Trinajstić information content (AvgIpc) is 3.28. The van der Waals surface area contributed by atoms with Crippen LogP contribution in [0, 0.1) is 0 Å². The Hall–Kier alpha value is -2.37. The largest absolute Gasteiger partial charge is 0.379 e. The number of rotatable bonds is 6. The summed E-state index contributed by atoms with van der Waals surface area (Å²) >= 11 is 0. The molecule has 2 saturated heterocycles. The zero-order valence-corrected chi connectivity index (χ0v) is 16.4. The molecule has 2 fully saturated rings. The third-order valence-electron chi connectivity index (χ3n) is 5.56. The molecule has 4 rings (SSSR count). The highest BCUT2D eigenvalue weighted by molar-refractivity contribution is 5.94. The second-order valence-corrected chi connectivity index (χ2v) is 7.63. The maximum Gasteiger partial charge on any atom is 0.251 e. The lowest BCUT2D eigenvalue weighted by Gasteiger charge is -2.26. The predicted molar refractivity (Wildman–Crippen MR) is 112 cm³/mol. The van der Waals surface area contributed by atoms with Gasteiger partial charge in [0.05, 0.1) is 13.2 Å². The van der Waals surface area contributed by atoms with Crippen LogP contribution in [0.15, 0.2) is 48.5 Å². The van der Waals surface area contributed by atoms with Crippen molar-refractivity contribution >= 4 is 11.6 Å². The lowest BCUT2D eigenvalue weighted by Crippen LogP contribution is -2.35. The summed E-state index contributed by atoms with van der Waals surface area (Å²) in [6.07, 6.45) is 2.56. The maximum atomic E-state index is 12.6. The van der Waals surface area contributed by atoms with E-state index in [0.717, 1.165) is 57.1 Å². The number of amides is 1. The van der Waals surface area contributed by atoms with E-state index in [9.17, 15) is 4.79 Å². The van der Waals surface area contributed by atoms with Gasteiger partial charge in [-0.15, -0.1) is 0 Å². The van der Waals surface area contributed by atoms with Crippen LogP contribution in [0.1, 0.15) is 34.3 Å². The lowest BCUT2D eigenvalue weighted by molar-refractivity contribution is 0.0342. The summed E-state index contributed by atoms with van der Waals surface area (Å²) < 4.78 is 5.40. The molecule has 0 saturated carbocycles. The molecule has 2 aromatic carbocycles. The first kappa shape index (κ1) is 19.0. The van der Waals surface area contributed by atoms with Gasteiger partial charge in [-0.1, -0.05) is 24.3 Å². The summed E-state index contributed by atoms with van der Waals surface area (Å²) in [5.74, 6) is -0.0209. The van der Waals surface area contributed by atoms with Crippen LogP contribution in [0.3, 0.4) is 0 Å². The number of carbonyl (C=O) groups is 1. The van der Waals surface area contributed by atoms with Crippen LogP contribution in [0.2, 0.25) is 0 Å². The van der Waals surface area contributed by atoms with Gasteiger partial charge in [-0.2, -0.15) is 0 Å². The smallest absolute Gasteiger partial charge is 0.251 e. The number of hydrogen-bond acceptors (Lipinski definition) is 4. The molecule has 148 valence electrons. The summed E-state index contributed by atoms with van der Waals surface area (Å²) in [7, 11) is 0. The van der Waals surface area contributed by atoms with E-state index >= 15 is 0 Å². The van der Waals surface area contributed by atoms with Gasteiger partial charge in [-0.3, -0.25) is 9.69 Å². The number of anilines is 1. The normalized spacial score (nSPS) is 17.6. The van der Waals surface area contributed by atoms with Crippen LogP contribution in [0.25, 0.3) is 0 Å². The van der Waals surface area contributed by atoms with Crippen molar-refractivity contribution in [2.24, 2.45) is 0 Å². The van der Waals surface area contributed by atoms with Crippen LogP contribution in [0.4, 0.5) is 5.69 Å². The Kier molecular flexibility index (Phi) is 6.24. The summed E-state index contributed by atoms with van der Waals surface area (Å²) in [6, 6.07) is 16.5. The Morgan fingerprint density at radius 3 is 2.43 bits per heavy atom. The molecule has 5 nitrogen and oxygen atoms in total. The molecule has 2 aliphatic rings. The molecule has 2 heterocycles. The Bertz CT molecular complexity index is 779. The van der Waals surface area contributed by atoms with E-state index < -0.39 is 0 Å². The highest BCUT2D eigenvalue weighted by atomic mass is 16.5. The third-order valence-corrected chi connectivity index (χ3v) is 5.56. The van der Waals surface area contributed by atoms with Crippen molar-refractivity contribution in [1.29, 1.82) is 0 Å². The van der Waals surface area contributed by atoms with Crippen molar-refractivity contribution in [2.75, 3.05) is 44.3 Å². The lowest BCUT2D eigenvalue weighted by atomic mass is 10.1. The molecule has 0 radical (unpaired) electrons. The molecule has 5 heteroatoms. The van der Waals surface area contributed by atoms with Crippen molar-refractivity contribution in [3.8, 4) is 0 Å². The van der Waals surface area contributed by atoms with Crippen LogP contribution in [0.5, 0.6) is 0 Å². The zero-order valence-electron chi connectivity index (χ0n) is 16.4. The molecule has 0 spiro atoms. The summed E-state index contributed by atoms with van der Waals surface area (Å²) in [5.41, 5.74) is 4.30. The van der Waals surface area contributed by atoms with Gasteiger partial charge in [-0.25, -0.2) is 0 Å². The molecule has 0 bridgehead atoms. The van der Waals surface area contributed by atoms with Crippen LogP contribution in [-0.4, -0.2) is 50.2 Å². The highest BCUT2D eigenvalue weighted by Crippen LogP contribution is 2.20. The van der Waals surface area contributed by atoms with E-state index in [-0.39, 0.29) is 5.91 Å². The Balaban J connectivity index is 1.31. The fourth-order valence-electron chi connectivity index (χ4n) is 3.91. The first-order valence-electron chi connectivity index (χ1n) is 10.3.